The lowest BCUT2D eigenvalue weighted by atomic mass is 10.0. The van der Waals surface area contributed by atoms with Crippen LogP contribution in [0.1, 0.15) is 12.0 Å². The number of fused-ring (bicyclic) bond motifs is 1. The van der Waals surface area contributed by atoms with Gasteiger partial charge in [-0.05, 0) is 17.0 Å². The predicted molar refractivity (Wildman–Crippen MR) is 69.0 cm³/mol. The Balaban J connectivity index is 2.37. The standard InChI is InChI=1S/C14H17NO2/c15-10-11-6-7-14(17-9-3-8-16)13-5-2-1-4-12(11)13/h1-2,4-7,16H,3,8-10,15H2. The zero-order valence-electron chi connectivity index (χ0n) is 9.73. The number of aliphatic hydroxyl groups excluding tert-OH is 1. The Hall–Kier alpha value is -1.58. The van der Waals surface area contributed by atoms with E-state index in [4.69, 9.17) is 15.6 Å². The number of hydrogen-bond donors (Lipinski definition) is 2. The molecule has 0 saturated carbocycles. The lowest BCUT2D eigenvalue weighted by molar-refractivity contribution is 0.235. The van der Waals surface area contributed by atoms with Crippen molar-refractivity contribution in [3.8, 4) is 5.75 Å². The molecule has 3 heteroatoms. The molecule has 0 atom stereocenters. The van der Waals surface area contributed by atoms with Crippen LogP contribution in [0.3, 0.4) is 0 Å². The van der Waals surface area contributed by atoms with Gasteiger partial charge in [0.25, 0.3) is 0 Å². The van der Waals surface area contributed by atoms with Crippen molar-refractivity contribution >= 4 is 10.8 Å². The first-order valence-electron chi connectivity index (χ1n) is 5.81. The molecule has 2 rings (SSSR count). The van der Waals surface area contributed by atoms with Crippen LogP contribution in [0, 0.1) is 0 Å². The van der Waals surface area contributed by atoms with Crippen molar-refractivity contribution in [1.82, 2.24) is 0 Å². The van der Waals surface area contributed by atoms with Crippen molar-refractivity contribution in [3.63, 3.8) is 0 Å². The van der Waals surface area contributed by atoms with Crippen LogP contribution < -0.4 is 10.5 Å². The van der Waals surface area contributed by atoms with Crippen molar-refractivity contribution < 1.29 is 9.84 Å². The highest BCUT2D eigenvalue weighted by Gasteiger charge is 2.05. The van der Waals surface area contributed by atoms with Crippen LogP contribution in [-0.4, -0.2) is 18.3 Å². The van der Waals surface area contributed by atoms with Gasteiger partial charge >= 0.3 is 0 Å². The van der Waals surface area contributed by atoms with Gasteiger partial charge in [0.2, 0.25) is 0 Å². The lowest BCUT2D eigenvalue weighted by Gasteiger charge is -2.11. The van der Waals surface area contributed by atoms with Gasteiger partial charge in [0.15, 0.2) is 0 Å². The highest BCUT2D eigenvalue weighted by atomic mass is 16.5. The number of hydrogen-bond acceptors (Lipinski definition) is 3. The molecule has 0 saturated heterocycles. The second-order valence-corrected chi connectivity index (χ2v) is 3.90. The minimum absolute atomic E-state index is 0.152. The van der Waals surface area contributed by atoms with Gasteiger partial charge in [-0.1, -0.05) is 30.3 Å². The molecule has 0 aromatic heterocycles. The topological polar surface area (TPSA) is 55.5 Å². The Morgan fingerprint density at radius 2 is 1.82 bits per heavy atom. The molecule has 2 aromatic carbocycles. The summed E-state index contributed by atoms with van der Waals surface area (Å²) in [5.41, 5.74) is 6.83. The van der Waals surface area contributed by atoms with Gasteiger partial charge in [-0.2, -0.15) is 0 Å². The molecule has 0 aliphatic heterocycles. The number of rotatable bonds is 5. The SMILES string of the molecule is NCc1ccc(OCCCO)c2ccccc12. The first-order chi connectivity index (χ1) is 8.36. The van der Waals surface area contributed by atoms with E-state index in [1.807, 2.05) is 30.3 Å². The van der Waals surface area contributed by atoms with Gasteiger partial charge in [0.05, 0.1) is 6.61 Å². The van der Waals surface area contributed by atoms with Crippen LogP contribution in [-0.2, 0) is 6.54 Å². The van der Waals surface area contributed by atoms with E-state index < -0.39 is 0 Å². The summed E-state index contributed by atoms with van der Waals surface area (Å²) < 4.78 is 5.66. The first kappa shape index (κ1) is 11.9. The normalized spacial score (nSPS) is 10.7. The number of aliphatic hydroxyl groups is 1. The molecule has 0 radical (unpaired) electrons. The second kappa shape index (κ2) is 5.66. The maximum absolute atomic E-state index is 8.74. The molecule has 0 bridgehead atoms. The van der Waals surface area contributed by atoms with Crippen LogP contribution in [0.15, 0.2) is 36.4 Å². The van der Waals surface area contributed by atoms with Gasteiger partial charge < -0.3 is 15.6 Å². The Morgan fingerprint density at radius 1 is 1.06 bits per heavy atom. The summed E-state index contributed by atoms with van der Waals surface area (Å²) in [6, 6.07) is 12.0. The van der Waals surface area contributed by atoms with E-state index in [0.717, 1.165) is 22.1 Å². The van der Waals surface area contributed by atoms with Crippen molar-refractivity contribution in [2.24, 2.45) is 5.73 Å². The molecular weight excluding hydrogens is 214 g/mol. The fourth-order valence-corrected chi connectivity index (χ4v) is 1.88. The highest BCUT2D eigenvalue weighted by Crippen LogP contribution is 2.28. The minimum Gasteiger partial charge on any atom is -0.493 e. The lowest BCUT2D eigenvalue weighted by Crippen LogP contribution is -2.02. The molecule has 0 unspecified atom stereocenters. The Kier molecular flexibility index (Phi) is 3.96. The first-order valence-corrected chi connectivity index (χ1v) is 5.81. The molecule has 90 valence electrons. The third-order valence-electron chi connectivity index (χ3n) is 2.75. The van der Waals surface area contributed by atoms with E-state index in [0.29, 0.717) is 19.6 Å². The number of benzene rings is 2. The van der Waals surface area contributed by atoms with E-state index in [2.05, 4.69) is 6.07 Å². The molecule has 0 amide bonds. The quantitative estimate of drug-likeness (QED) is 0.774. The van der Waals surface area contributed by atoms with Crippen molar-refractivity contribution in [2.45, 2.75) is 13.0 Å². The summed E-state index contributed by atoms with van der Waals surface area (Å²) in [5, 5.41) is 11.0. The average Bonchev–Trinajstić information content (AvgIpc) is 2.39. The van der Waals surface area contributed by atoms with Crippen LogP contribution in [0.2, 0.25) is 0 Å². The van der Waals surface area contributed by atoms with Crippen LogP contribution >= 0.6 is 0 Å². The molecule has 3 nitrogen and oxygen atoms in total. The molecule has 17 heavy (non-hydrogen) atoms. The second-order valence-electron chi connectivity index (χ2n) is 3.90. The van der Waals surface area contributed by atoms with E-state index >= 15 is 0 Å². The summed E-state index contributed by atoms with van der Waals surface area (Å²) >= 11 is 0. The Morgan fingerprint density at radius 3 is 2.53 bits per heavy atom. The molecule has 0 aliphatic rings. The number of nitrogens with two attached hydrogens (primary N) is 1. The Labute approximate surface area is 101 Å². The summed E-state index contributed by atoms with van der Waals surface area (Å²) in [6.45, 7) is 1.21. The predicted octanol–water partition coefficient (Wildman–Crippen LogP) is 2.06. The largest absolute Gasteiger partial charge is 0.493 e. The molecule has 0 fully saturated rings. The fourth-order valence-electron chi connectivity index (χ4n) is 1.88. The van der Waals surface area contributed by atoms with E-state index in [1.165, 1.54) is 0 Å². The minimum atomic E-state index is 0.152. The zero-order valence-corrected chi connectivity index (χ0v) is 9.73. The van der Waals surface area contributed by atoms with Gasteiger partial charge in [-0.3, -0.25) is 0 Å². The maximum Gasteiger partial charge on any atom is 0.127 e. The molecule has 0 aliphatic carbocycles. The summed E-state index contributed by atoms with van der Waals surface area (Å²) in [7, 11) is 0. The van der Waals surface area contributed by atoms with Gasteiger partial charge in [0, 0.05) is 25.0 Å². The van der Waals surface area contributed by atoms with Crippen molar-refractivity contribution in [1.29, 1.82) is 0 Å². The van der Waals surface area contributed by atoms with Crippen LogP contribution in [0.4, 0.5) is 0 Å². The van der Waals surface area contributed by atoms with Gasteiger partial charge in [0.1, 0.15) is 5.75 Å². The smallest absolute Gasteiger partial charge is 0.127 e. The summed E-state index contributed by atoms with van der Waals surface area (Å²) in [5.74, 6) is 0.853. The molecule has 2 aromatic rings. The Bertz CT molecular complexity index is 497. The third-order valence-corrected chi connectivity index (χ3v) is 2.75. The average molecular weight is 231 g/mol. The van der Waals surface area contributed by atoms with Crippen LogP contribution in [0.25, 0.3) is 10.8 Å². The number of ether oxygens (including phenoxy) is 1. The van der Waals surface area contributed by atoms with Crippen molar-refractivity contribution in [3.05, 3.63) is 42.0 Å². The third kappa shape index (κ3) is 2.57. The van der Waals surface area contributed by atoms with Gasteiger partial charge in [-0.15, -0.1) is 0 Å². The summed E-state index contributed by atoms with van der Waals surface area (Å²) in [6.07, 6.45) is 0.646. The zero-order chi connectivity index (χ0) is 12.1. The van der Waals surface area contributed by atoms with Crippen LogP contribution in [0.5, 0.6) is 5.75 Å². The fraction of sp³-hybridized carbons (Fsp3) is 0.286. The van der Waals surface area contributed by atoms with E-state index in [9.17, 15) is 0 Å². The molecule has 3 N–H and O–H groups in total. The highest BCUT2D eigenvalue weighted by molar-refractivity contribution is 5.91. The van der Waals surface area contributed by atoms with Gasteiger partial charge in [-0.25, -0.2) is 0 Å². The molecule has 0 spiro atoms. The molecular formula is C14H17NO2. The molecule has 0 heterocycles. The maximum atomic E-state index is 8.74. The van der Waals surface area contributed by atoms with Crippen molar-refractivity contribution in [2.75, 3.05) is 13.2 Å². The van der Waals surface area contributed by atoms with E-state index in [1.54, 1.807) is 0 Å². The monoisotopic (exact) mass is 231 g/mol. The summed E-state index contributed by atoms with van der Waals surface area (Å²) in [4.78, 5) is 0. The van der Waals surface area contributed by atoms with E-state index in [-0.39, 0.29) is 6.61 Å².